The first-order valence-corrected chi connectivity index (χ1v) is 24.3. The molecule has 10 aromatic rings. The number of nitrogens with zero attached hydrogens (tertiary/aromatic N) is 3. The van der Waals surface area contributed by atoms with Crippen LogP contribution < -0.4 is 31.1 Å². The molecular weight excluding hydrogens is 857 g/mol. The van der Waals surface area contributed by atoms with Gasteiger partial charge in [-0.2, -0.15) is 0 Å². The molecule has 0 aliphatic carbocycles. The number of anilines is 9. The molecule has 0 unspecified atom stereocenters. The van der Waals surface area contributed by atoms with Gasteiger partial charge in [-0.15, -0.1) is 0 Å². The summed E-state index contributed by atoms with van der Waals surface area (Å²) in [5.41, 5.74) is 16.5. The molecule has 4 nitrogen and oxygen atoms in total. The maximum atomic E-state index is 16.4. The summed E-state index contributed by atoms with van der Waals surface area (Å²) in [6.45, 7) is 13.4. The molecule has 2 aliphatic rings. The van der Waals surface area contributed by atoms with Crippen LogP contribution in [0.25, 0.3) is 33.4 Å². The number of hydrogen-bond donors (Lipinski definition) is 0. The Morgan fingerprint density at radius 3 is 1.43 bits per heavy atom. The van der Waals surface area contributed by atoms with Crippen LogP contribution in [0.1, 0.15) is 52.7 Å². The van der Waals surface area contributed by atoms with Crippen LogP contribution in [0.4, 0.5) is 55.6 Å². The van der Waals surface area contributed by atoms with E-state index < -0.39 is 0 Å². The van der Waals surface area contributed by atoms with Crippen LogP contribution >= 0.6 is 0 Å². The van der Waals surface area contributed by atoms with Crippen molar-refractivity contribution in [2.45, 2.75) is 52.4 Å². The van der Waals surface area contributed by atoms with E-state index in [0.29, 0.717) is 5.69 Å². The summed E-state index contributed by atoms with van der Waals surface area (Å²) in [4.78, 5) is 6.99. The highest BCUT2D eigenvalue weighted by Gasteiger charge is 2.45. The van der Waals surface area contributed by atoms with Crippen molar-refractivity contribution >= 4 is 85.1 Å². The average Bonchev–Trinajstić information content (AvgIpc) is 3.75. The summed E-state index contributed by atoms with van der Waals surface area (Å²) in [5.74, 6) is 1.39. The Balaban J connectivity index is 1.19. The van der Waals surface area contributed by atoms with E-state index in [-0.39, 0.29) is 23.4 Å². The lowest BCUT2D eigenvalue weighted by atomic mass is 9.33. The number of para-hydroxylation sites is 3. The zero-order valence-electron chi connectivity index (χ0n) is 40.4. The SMILES string of the molecule is CC(C)(C)c1ccc(N(c2ccc3c(c2)N(c2ccccc2)c2cc(C(C)(C)C)cc4c2B3c2cc3c(-c5ccccc5)oc(-c5ccccc5)c3cc2N4c2ccccc2)c2ccccc2F)cc1. The fourth-order valence-corrected chi connectivity index (χ4v) is 10.7. The lowest BCUT2D eigenvalue weighted by Gasteiger charge is -2.45. The number of halogens is 1. The predicted octanol–water partition coefficient (Wildman–Crippen LogP) is 16.1. The average molecular weight is 910 g/mol. The molecule has 1 aromatic heterocycles. The first-order valence-electron chi connectivity index (χ1n) is 24.3. The predicted molar refractivity (Wildman–Crippen MR) is 293 cm³/mol. The molecule has 9 aromatic carbocycles. The van der Waals surface area contributed by atoms with Crippen LogP contribution in [0.3, 0.4) is 0 Å². The van der Waals surface area contributed by atoms with Crippen molar-refractivity contribution in [3.05, 3.63) is 229 Å². The summed E-state index contributed by atoms with van der Waals surface area (Å²) in [7, 11) is 0. The van der Waals surface area contributed by atoms with Crippen LogP contribution in [-0.2, 0) is 10.8 Å². The molecule has 0 amide bonds. The fraction of sp³-hybridized carbons (Fsp3) is 0.125. The molecule has 12 rings (SSSR count). The Morgan fingerprint density at radius 1 is 0.429 bits per heavy atom. The van der Waals surface area contributed by atoms with Gasteiger partial charge in [-0.1, -0.05) is 175 Å². The van der Waals surface area contributed by atoms with Crippen molar-refractivity contribution in [3.8, 4) is 22.6 Å². The second kappa shape index (κ2) is 16.6. The minimum Gasteiger partial charge on any atom is -0.455 e. The summed E-state index contributed by atoms with van der Waals surface area (Å²) in [6.07, 6.45) is 0. The van der Waals surface area contributed by atoms with Gasteiger partial charge >= 0.3 is 0 Å². The minimum absolute atomic E-state index is 0.0408. The van der Waals surface area contributed by atoms with Crippen molar-refractivity contribution in [1.82, 2.24) is 0 Å². The van der Waals surface area contributed by atoms with Crippen LogP contribution in [0.5, 0.6) is 0 Å². The summed E-state index contributed by atoms with van der Waals surface area (Å²) in [6, 6.07) is 74.5. The monoisotopic (exact) mass is 909 g/mol. The van der Waals surface area contributed by atoms with Crippen molar-refractivity contribution < 1.29 is 8.81 Å². The van der Waals surface area contributed by atoms with E-state index in [4.69, 9.17) is 4.42 Å². The molecule has 70 heavy (non-hydrogen) atoms. The van der Waals surface area contributed by atoms with E-state index >= 15 is 4.39 Å². The van der Waals surface area contributed by atoms with Crippen LogP contribution in [0.15, 0.2) is 217 Å². The summed E-state index contributed by atoms with van der Waals surface area (Å²) in [5, 5.41) is 2.11. The highest BCUT2D eigenvalue weighted by Crippen LogP contribution is 2.50. The maximum Gasteiger partial charge on any atom is 0.252 e. The number of hydrogen-bond acceptors (Lipinski definition) is 4. The standard InChI is InChI=1S/C64H53BFN3O/c1-63(2,3)44-31-33-48(34-32-44)67(55-30-20-19-29-54(55)66)49-35-36-52-56(39-49)68(46-25-15-9-16-26-46)58-37-45(64(4,5)6)38-59-60(58)65(52)53-40-50-51(41-57(53)69(59)47-27-17-10-18-28-47)62(43-23-13-8-14-24-43)70-61(50)42-21-11-7-12-22-42/h7-41H,1-6H3. The molecule has 0 bridgehead atoms. The third-order valence-corrected chi connectivity index (χ3v) is 14.2. The Bertz CT molecular complexity index is 3580. The smallest absolute Gasteiger partial charge is 0.252 e. The molecule has 340 valence electrons. The van der Waals surface area contributed by atoms with Gasteiger partial charge in [0, 0.05) is 67.4 Å². The third kappa shape index (κ3) is 7.20. The highest BCUT2D eigenvalue weighted by atomic mass is 19.1. The maximum absolute atomic E-state index is 16.4. The normalized spacial score (nSPS) is 13.0. The largest absolute Gasteiger partial charge is 0.455 e. The van der Waals surface area contributed by atoms with Gasteiger partial charge in [0.2, 0.25) is 0 Å². The summed E-state index contributed by atoms with van der Waals surface area (Å²) < 4.78 is 23.4. The van der Waals surface area contributed by atoms with Crippen molar-refractivity contribution in [2.24, 2.45) is 0 Å². The second-order valence-corrected chi connectivity index (χ2v) is 20.7. The number of benzene rings is 9. The van der Waals surface area contributed by atoms with E-state index in [1.807, 2.05) is 12.1 Å². The van der Waals surface area contributed by atoms with E-state index in [9.17, 15) is 0 Å². The van der Waals surface area contributed by atoms with Crippen molar-refractivity contribution in [3.63, 3.8) is 0 Å². The van der Waals surface area contributed by atoms with Crippen molar-refractivity contribution in [2.75, 3.05) is 14.7 Å². The van der Waals surface area contributed by atoms with Gasteiger partial charge in [0.25, 0.3) is 6.71 Å². The topological polar surface area (TPSA) is 22.9 Å². The van der Waals surface area contributed by atoms with Gasteiger partial charge in [-0.05, 0) is 117 Å². The lowest BCUT2D eigenvalue weighted by Crippen LogP contribution is -2.61. The molecule has 0 saturated heterocycles. The minimum atomic E-state index is -0.291. The van der Waals surface area contributed by atoms with Crippen LogP contribution in [-0.4, -0.2) is 6.71 Å². The van der Waals surface area contributed by atoms with Crippen LogP contribution in [0, 0.1) is 5.82 Å². The van der Waals surface area contributed by atoms with Crippen LogP contribution in [0.2, 0.25) is 0 Å². The van der Waals surface area contributed by atoms with Gasteiger partial charge in [0.05, 0.1) is 5.69 Å². The Hall–Kier alpha value is -8.09. The van der Waals surface area contributed by atoms with Gasteiger partial charge in [-0.3, -0.25) is 0 Å². The first-order chi connectivity index (χ1) is 33.9. The molecule has 2 aliphatic heterocycles. The number of furan rings is 1. The van der Waals surface area contributed by atoms with Crippen molar-refractivity contribution in [1.29, 1.82) is 0 Å². The zero-order chi connectivity index (χ0) is 47.9. The molecule has 0 spiro atoms. The van der Waals surface area contributed by atoms with Gasteiger partial charge in [0.15, 0.2) is 0 Å². The first kappa shape index (κ1) is 43.2. The molecule has 6 heteroatoms. The zero-order valence-corrected chi connectivity index (χ0v) is 40.4. The van der Waals surface area contributed by atoms with E-state index in [1.165, 1.54) is 22.1 Å². The quantitative estimate of drug-likeness (QED) is 0.149. The Labute approximate surface area is 411 Å². The third-order valence-electron chi connectivity index (χ3n) is 14.2. The molecule has 0 atom stereocenters. The molecule has 0 N–H and O–H groups in total. The fourth-order valence-electron chi connectivity index (χ4n) is 10.7. The number of rotatable bonds is 7. The van der Waals surface area contributed by atoms with E-state index in [0.717, 1.165) is 84.4 Å². The lowest BCUT2D eigenvalue weighted by molar-refractivity contribution is 0.590. The van der Waals surface area contributed by atoms with Gasteiger partial charge in [-0.25, -0.2) is 4.39 Å². The number of fused-ring (bicyclic) bond motifs is 5. The molecule has 0 fully saturated rings. The summed E-state index contributed by atoms with van der Waals surface area (Å²) >= 11 is 0. The Kier molecular flexibility index (Phi) is 10.2. The molecule has 0 saturated carbocycles. The molecule has 0 radical (unpaired) electrons. The molecule has 3 heterocycles. The van der Waals surface area contributed by atoms with Gasteiger partial charge < -0.3 is 19.1 Å². The van der Waals surface area contributed by atoms with E-state index in [1.54, 1.807) is 12.1 Å². The Morgan fingerprint density at radius 2 is 0.900 bits per heavy atom. The second-order valence-electron chi connectivity index (χ2n) is 20.7. The van der Waals surface area contributed by atoms with Gasteiger partial charge in [0.1, 0.15) is 17.3 Å². The van der Waals surface area contributed by atoms with E-state index in [2.05, 4.69) is 244 Å². The molecular formula is C64H53BFN3O. The highest BCUT2D eigenvalue weighted by molar-refractivity contribution is 7.00.